The number of hydrogen-bond donors (Lipinski definition) is 1. The maximum Gasteiger partial charge on any atom is 0.315 e. The molecule has 0 saturated heterocycles. The minimum atomic E-state index is -0.535. The molecule has 1 heterocycles. The molecule has 0 radical (unpaired) electrons. The number of nitrogen functional groups attached to an aromatic ring is 1. The summed E-state index contributed by atoms with van der Waals surface area (Å²) in [5.74, 6) is 1.15. The first-order valence-corrected chi connectivity index (χ1v) is 6.25. The van der Waals surface area contributed by atoms with E-state index in [0.717, 1.165) is 0 Å². The van der Waals surface area contributed by atoms with Gasteiger partial charge in [-0.1, -0.05) is 12.1 Å². The lowest BCUT2D eigenvalue weighted by Crippen LogP contribution is -2.15. The van der Waals surface area contributed by atoms with Gasteiger partial charge in [-0.05, 0) is 12.1 Å². The molecule has 0 aliphatic carbocycles. The number of anilines is 1. The summed E-state index contributed by atoms with van der Waals surface area (Å²) in [5, 5.41) is 11.2. The maximum atomic E-state index is 11.2. The molecule has 1 aliphatic rings. The summed E-state index contributed by atoms with van der Waals surface area (Å²) in [6, 6.07) is 9.51. The molecule has 0 amide bonds. The molecule has 7 heteroatoms. The zero-order valence-corrected chi connectivity index (χ0v) is 10.9. The van der Waals surface area contributed by atoms with Gasteiger partial charge >= 0.3 is 5.69 Å². The smallest absolute Gasteiger partial charge is 0.315 e. The van der Waals surface area contributed by atoms with Gasteiger partial charge in [-0.2, -0.15) is 0 Å². The molecule has 2 aromatic rings. The van der Waals surface area contributed by atoms with Gasteiger partial charge in [-0.3, -0.25) is 10.1 Å². The van der Waals surface area contributed by atoms with Crippen LogP contribution in [0.25, 0.3) is 0 Å². The van der Waals surface area contributed by atoms with Gasteiger partial charge in [0, 0.05) is 6.07 Å². The first-order chi connectivity index (χ1) is 10.1. The lowest BCUT2D eigenvalue weighted by molar-refractivity contribution is -0.385. The zero-order chi connectivity index (χ0) is 14.8. The summed E-state index contributed by atoms with van der Waals surface area (Å²) >= 11 is 0. The van der Waals surface area contributed by atoms with Crippen LogP contribution in [0.4, 0.5) is 11.4 Å². The second-order valence-electron chi connectivity index (χ2n) is 4.36. The Morgan fingerprint density at radius 1 is 1.10 bits per heavy atom. The summed E-state index contributed by atoms with van der Waals surface area (Å²) in [5.41, 5.74) is 5.97. The molecule has 0 unspecified atom stereocenters. The molecule has 21 heavy (non-hydrogen) atoms. The second kappa shape index (κ2) is 5.20. The number of para-hydroxylation sites is 2. The maximum absolute atomic E-state index is 11.2. The Labute approximate surface area is 120 Å². The normalized spacial score (nSPS) is 12.8. The van der Waals surface area contributed by atoms with Crippen LogP contribution in [0.5, 0.6) is 23.0 Å². The Hall–Kier alpha value is -2.96. The topological polar surface area (TPSA) is 96.9 Å². The summed E-state index contributed by atoms with van der Waals surface area (Å²) in [6.45, 7) is 0.744. The van der Waals surface area contributed by atoms with Gasteiger partial charge in [0.25, 0.3) is 0 Å². The molecule has 0 saturated carbocycles. The van der Waals surface area contributed by atoms with Crippen molar-refractivity contribution in [3.05, 3.63) is 46.5 Å². The van der Waals surface area contributed by atoms with Crippen molar-refractivity contribution in [2.45, 2.75) is 0 Å². The highest BCUT2D eigenvalue weighted by molar-refractivity contribution is 5.61. The molecule has 2 N–H and O–H groups in total. The van der Waals surface area contributed by atoms with Crippen LogP contribution in [0.2, 0.25) is 0 Å². The van der Waals surface area contributed by atoms with E-state index in [1.807, 2.05) is 0 Å². The number of nitrogens with two attached hydrogens (primary N) is 1. The van der Waals surface area contributed by atoms with Gasteiger partial charge in [-0.25, -0.2) is 0 Å². The summed E-state index contributed by atoms with van der Waals surface area (Å²) < 4.78 is 16.3. The van der Waals surface area contributed by atoms with Crippen molar-refractivity contribution < 1.29 is 19.1 Å². The highest BCUT2D eigenvalue weighted by Gasteiger charge is 2.24. The lowest BCUT2D eigenvalue weighted by Gasteiger charge is -2.19. The molecule has 1 aliphatic heterocycles. The van der Waals surface area contributed by atoms with E-state index >= 15 is 0 Å². The number of nitrogens with zero attached hydrogens (tertiary/aromatic N) is 1. The minimum absolute atomic E-state index is 0.0575. The Bertz CT molecular complexity index is 702. The standard InChI is InChI=1S/C14H12N2O5/c15-9-3-1-2-4-11(9)21-12-8-14-13(19-5-6-20-14)7-10(12)16(17)18/h1-4,7-8H,5-6,15H2. The third-order valence-corrected chi connectivity index (χ3v) is 2.96. The van der Waals surface area contributed by atoms with Crippen LogP contribution in [-0.2, 0) is 0 Å². The Morgan fingerprint density at radius 3 is 2.43 bits per heavy atom. The van der Waals surface area contributed by atoms with Crippen molar-refractivity contribution in [2.75, 3.05) is 18.9 Å². The van der Waals surface area contributed by atoms with Crippen molar-refractivity contribution in [1.82, 2.24) is 0 Å². The molecule has 0 atom stereocenters. The minimum Gasteiger partial charge on any atom is -0.486 e. The third kappa shape index (κ3) is 2.53. The van der Waals surface area contributed by atoms with E-state index in [-0.39, 0.29) is 11.4 Å². The van der Waals surface area contributed by atoms with Crippen molar-refractivity contribution in [2.24, 2.45) is 0 Å². The van der Waals surface area contributed by atoms with Gasteiger partial charge in [0.15, 0.2) is 17.2 Å². The van der Waals surface area contributed by atoms with E-state index in [0.29, 0.717) is 36.1 Å². The van der Waals surface area contributed by atoms with Gasteiger partial charge in [0.2, 0.25) is 5.75 Å². The Kier molecular flexibility index (Phi) is 3.23. The molecule has 3 rings (SSSR count). The van der Waals surface area contributed by atoms with Crippen molar-refractivity contribution in [3.63, 3.8) is 0 Å². The van der Waals surface area contributed by atoms with Crippen LogP contribution >= 0.6 is 0 Å². The quantitative estimate of drug-likeness (QED) is 0.530. The van der Waals surface area contributed by atoms with Crippen LogP contribution < -0.4 is 19.9 Å². The largest absolute Gasteiger partial charge is 0.486 e. The number of hydrogen-bond acceptors (Lipinski definition) is 6. The summed E-state index contributed by atoms with van der Waals surface area (Å²) in [7, 11) is 0. The van der Waals surface area contributed by atoms with E-state index in [1.165, 1.54) is 12.1 Å². The number of nitro benzene ring substituents is 1. The van der Waals surface area contributed by atoms with Crippen LogP contribution in [0.1, 0.15) is 0 Å². The van der Waals surface area contributed by atoms with Crippen molar-refractivity contribution >= 4 is 11.4 Å². The number of rotatable bonds is 3. The van der Waals surface area contributed by atoms with E-state index in [2.05, 4.69) is 0 Å². The molecule has 0 bridgehead atoms. The molecule has 108 valence electrons. The van der Waals surface area contributed by atoms with Gasteiger partial charge in [-0.15, -0.1) is 0 Å². The van der Waals surface area contributed by atoms with E-state index in [1.54, 1.807) is 24.3 Å². The number of fused-ring (bicyclic) bond motifs is 1. The first-order valence-electron chi connectivity index (χ1n) is 6.25. The first kappa shape index (κ1) is 13.0. The molecular formula is C14H12N2O5. The highest BCUT2D eigenvalue weighted by atomic mass is 16.6. The fourth-order valence-corrected chi connectivity index (χ4v) is 1.98. The predicted molar refractivity (Wildman–Crippen MR) is 75.0 cm³/mol. The lowest BCUT2D eigenvalue weighted by atomic mass is 10.2. The van der Waals surface area contributed by atoms with Crippen LogP contribution in [0, 0.1) is 10.1 Å². The van der Waals surface area contributed by atoms with Gasteiger partial charge in [0.05, 0.1) is 16.7 Å². The van der Waals surface area contributed by atoms with Crippen LogP contribution in [0.15, 0.2) is 36.4 Å². The van der Waals surface area contributed by atoms with E-state index in [4.69, 9.17) is 19.9 Å². The summed E-state index contributed by atoms with van der Waals surface area (Å²) in [6.07, 6.45) is 0. The average molecular weight is 288 g/mol. The summed E-state index contributed by atoms with van der Waals surface area (Å²) in [4.78, 5) is 10.6. The number of nitro groups is 1. The number of ether oxygens (including phenoxy) is 3. The van der Waals surface area contributed by atoms with E-state index < -0.39 is 4.92 Å². The molecule has 0 fully saturated rings. The van der Waals surface area contributed by atoms with Crippen molar-refractivity contribution in [1.29, 1.82) is 0 Å². The monoisotopic (exact) mass is 288 g/mol. The fourth-order valence-electron chi connectivity index (χ4n) is 1.98. The fraction of sp³-hybridized carbons (Fsp3) is 0.143. The second-order valence-corrected chi connectivity index (χ2v) is 4.36. The van der Waals surface area contributed by atoms with Crippen molar-refractivity contribution in [3.8, 4) is 23.0 Å². The Balaban J connectivity index is 2.04. The van der Waals surface area contributed by atoms with Crippen LogP contribution in [0.3, 0.4) is 0 Å². The molecule has 7 nitrogen and oxygen atoms in total. The third-order valence-electron chi connectivity index (χ3n) is 2.96. The zero-order valence-electron chi connectivity index (χ0n) is 10.9. The van der Waals surface area contributed by atoms with Gasteiger partial charge in [0.1, 0.15) is 13.2 Å². The molecular weight excluding hydrogens is 276 g/mol. The van der Waals surface area contributed by atoms with E-state index in [9.17, 15) is 10.1 Å². The van der Waals surface area contributed by atoms with Gasteiger partial charge < -0.3 is 19.9 Å². The van der Waals surface area contributed by atoms with Crippen LogP contribution in [-0.4, -0.2) is 18.1 Å². The number of benzene rings is 2. The average Bonchev–Trinajstić information content (AvgIpc) is 2.48. The molecule has 0 spiro atoms. The Morgan fingerprint density at radius 2 is 1.76 bits per heavy atom. The SMILES string of the molecule is Nc1ccccc1Oc1cc2c(cc1[N+](=O)[O-])OCCO2. The molecule has 0 aromatic heterocycles. The predicted octanol–water partition coefficient (Wildman–Crippen LogP) is 2.74. The molecule has 2 aromatic carbocycles. The highest BCUT2D eigenvalue weighted by Crippen LogP contribution is 2.43.